The largest absolute Gasteiger partial charge is 0.384 e. The van der Waals surface area contributed by atoms with Crippen LogP contribution in [0.15, 0.2) is 16.6 Å². The summed E-state index contributed by atoms with van der Waals surface area (Å²) in [5.74, 6) is 0.380. The second-order valence-corrected chi connectivity index (χ2v) is 7.47. The number of nitrogens with one attached hydrogen (secondary N) is 1. The molecule has 1 aromatic rings. The van der Waals surface area contributed by atoms with Crippen LogP contribution in [-0.2, 0) is 9.84 Å². The van der Waals surface area contributed by atoms with Gasteiger partial charge in [0.25, 0.3) is 0 Å². The van der Waals surface area contributed by atoms with Crippen molar-refractivity contribution in [2.75, 3.05) is 23.4 Å². The van der Waals surface area contributed by atoms with Gasteiger partial charge < -0.3 is 5.32 Å². The quantitative estimate of drug-likeness (QED) is 0.907. The van der Waals surface area contributed by atoms with Crippen LogP contribution < -0.4 is 5.32 Å². The summed E-state index contributed by atoms with van der Waals surface area (Å²) in [6, 6.07) is 4.04. The van der Waals surface area contributed by atoms with Gasteiger partial charge in [0.05, 0.1) is 5.75 Å². The molecular formula is C12H18BrNO2S. The van der Waals surface area contributed by atoms with Gasteiger partial charge in [-0.15, -0.1) is 0 Å². The van der Waals surface area contributed by atoms with Gasteiger partial charge >= 0.3 is 0 Å². The van der Waals surface area contributed by atoms with Crippen LogP contribution >= 0.6 is 15.9 Å². The van der Waals surface area contributed by atoms with Crippen LogP contribution in [0, 0.1) is 13.8 Å². The lowest BCUT2D eigenvalue weighted by Gasteiger charge is -2.13. The Morgan fingerprint density at radius 2 is 1.76 bits per heavy atom. The zero-order valence-electron chi connectivity index (χ0n) is 10.4. The van der Waals surface area contributed by atoms with Crippen molar-refractivity contribution < 1.29 is 8.42 Å². The van der Waals surface area contributed by atoms with Crippen molar-refractivity contribution in [3.05, 3.63) is 27.7 Å². The fraction of sp³-hybridized carbons (Fsp3) is 0.500. The predicted molar refractivity (Wildman–Crippen MR) is 76.4 cm³/mol. The Morgan fingerprint density at radius 1 is 1.24 bits per heavy atom. The fourth-order valence-electron chi connectivity index (χ4n) is 1.67. The minimum Gasteiger partial charge on any atom is -0.384 e. The summed E-state index contributed by atoms with van der Waals surface area (Å²) >= 11 is 3.43. The summed E-state index contributed by atoms with van der Waals surface area (Å²) in [7, 11) is -2.90. The predicted octanol–water partition coefficient (Wildman–Crippen LogP) is 2.91. The average Bonchev–Trinajstić information content (AvgIpc) is 2.22. The summed E-state index contributed by atoms with van der Waals surface area (Å²) in [5, 5.41) is 3.20. The minimum absolute atomic E-state index is 0.179. The molecule has 0 amide bonds. The van der Waals surface area contributed by atoms with Crippen LogP contribution in [0.3, 0.4) is 0 Å². The molecule has 0 spiro atoms. The van der Waals surface area contributed by atoms with E-state index >= 15 is 0 Å². The van der Waals surface area contributed by atoms with Crippen molar-refractivity contribution in [1.29, 1.82) is 0 Å². The first-order chi connectivity index (χ1) is 7.85. The number of aryl methyl sites for hydroxylation is 2. The van der Waals surface area contributed by atoms with Crippen LogP contribution in [0.1, 0.15) is 18.1 Å². The van der Waals surface area contributed by atoms with Gasteiger partial charge in [-0.05, 0) is 37.1 Å². The third-order valence-corrected chi connectivity index (χ3v) is 4.82. The van der Waals surface area contributed by atoms with Gasteiger partial charge in [0.1, 0.15) is 0 Å². The van der Waals surface area contributed by atoms with Crippen molar-refractivity contribution in [3.63, 3.8) is 0 Å². The summed E-state index contributed by atoms with van der Waals surface area (Å²) < 4.78 is 23.8. The highest BCUT2D eigenvalue weighted by molar-refractivity contribution is 9.10. The van der Waals surface area contributed by atoms with Crippen molar-refractivity contribution >= 4 is 31.5 Å². The summed E-state index contributed by atoms with van der Waals surface area (Å²) in [6.45, 7) is 6.15. The Bertz CT molecular complexity index is 474. The molecule has 0 bridgehead atoms. The molecular weight excluding hydrogens is 302 g/mol. The molecule has 5 heteroatoms. The Labute approximate surface area is 112 Å². The lowest BCUT2D eigenvalue weighted by atomic mass is 10.1. The van der Waals surface area contributed by atoms with E-state index in [-0.39, 0.29) is 11.5 Å². The maximum Gasteiger partial charge on any atom is 0.151 e. The molecule has 0 saturated carbocycles. The van der Waals surface area contributed by atoms with Crippen molar-refractivity contribution in [2.24, 2.45) is 0 Å². The Balaban J connectivity index is 2.71. The molecule has 0 aliphatic heterocycles. The smallest absolute Gasteiger partial charge is 0.151 e. The summed E-state index contributed by atoms with van der Waals surface area (Å²) in [5.41, 5.74) is 3.26. The van der Waals surface area contributed by atoms with E-state index in [9.17, 15) is 8.42 Å². The number of hydrogen-bond donors (Lipinski definition) is 1. The number of hydrogen-bond acceptors (Lipinski definition) is 3. The molecule has 0 fully saturated rings. The molecule has 1 N–H and O–H groups in total. The normalized spacial score (nSPS) is 11.5. The van der Waals surface area contributed by atoms with Gasteiger partial charge in [0.15, 0.2) is 9.84 Å². The van der Waals surface area contributed by atoms with Crippen LogP contribution in [0.4, 0.5) is 5.69 Å². The highest BCUT2D eigenvalue weighted by Gasteiger charge is 2.08. The lowest BCUT2D eigenvalue weighted by Crippen LogP contribution is -2.18. The third kappa shape index (κ3) is 4.32. The average molecular weight is 320 g/mol. The number of sulfone groups is 1. The first-order valence-corrected chi connectivity index (χ1v) is 8.18. The number of rotatable bonds is 5. The zero-order chi connectivity index (χ0) is 13.1. The molecule has 0 saturated heterocycles. The van der Waals surface area contributed by atoms with Crippen molar-refractivity contribution in [1.82, 2.24) is 0 Å². The Kier molecular flexibility index (Phi) is 5.01. The van der Waals surface area contributed by atoms with E-state index in [4.69, 9.17) is 0 Å². The summed E-state index contributed by atoms with van der Waals surface area (Å²) in [4.78, 5) is 0. The van der Waals surface area contributed by atoms with Crippen molar-refractivity contribution in [3.8, 4) is 0 Å². The standard InChI is InChI=1S/C12H18BrNO2S/c1-4-17(15,16)6-5-14-12-9(2)7-11(13)8-10(12)3/h7-8,14H,4-6H2,1-3H3. The third-order valence-electron chi connectivity index (χ3n) is 2.65. The molecule has 1 rings (SSSR count). The maximum atomic E-state index is 11.4. The maximum absolute atomic E-state index is 11.4. The molecule has 0 aromatic heterocycles. The minimum atomic E-state index is -2.90. The van der Waals surface area contributed by atoms with E-state index in [1.54, 1.807) is 6.92 Å². The van der Waals surface area contributed by atoms with Crippen molar-refractivity contribution in [2.45, 2.75) is 20.8 Å². The molecule has 96 valence electrons. The molecule has 0 aliphatic carbocycles. The molecule has 1 aromatic carbocycles. The van der Waals surface area contributed by atoms with Gasteiger partial charge in [-0.3, -0.25) is 0 Å². The molecule has 0 unspecified atom stereocenters. The molecule has 0 atom stereocenters. The SMILES string of the molecule is CCS(=O)(=O)CCNc1c(C)cc(Br)cc1C. The van der Waals surface area contributed by atoms with Crippen LogP contribution in [0.5, 0.6) is 0 Å². The Morgan fingerprint density at radius 3 is 2.24 bits per heavy atom. The van der Waals surface area contributed by atoms with Gasteiger partial charge in [0, 0.05) is 22.5 Å². The Hall–Kier alpha value is -0.550. The second-order valence-electron chi connectivity index (χ2n) is 4.08. The van der Waals surface area contributed by atoms with E-state index in [1.165, 1.54) is 0 Å². The first-order valence-electron chi connectivity index (χ1n) is 5.57. The van der Waals surface area contributed by atoms with E-state index in [2.05, 4.69) is 21.2 Å². The number of halogens is 1. The summed E-state index contributed by atoms with van der Waals surface area (Å²) in [6.07, 6.45) is 0. The van der Waals surface area contributed by atoms with Crippen LogP contribution in [-0.4, -0.2) is 26.5 Å². The van der Waals surface area contributed by atoms with Gasteiger partial charge in [-0.25, -0.2) is 8.42 Å². The molecule has 3 nitrogen and oxygen atoms in total. The number of anilines is 1. The fourth-order valence-corrected chi connectivity index (χ4v) is 3.05. The lowest BCUT2D eigenvalue weighted by molar-refractivity contribution is 0.597. The van der Waals surface area contributed by atoms with E-state index in [1.807, 2.05) is 26.0 Å². The van der Waals surface area contributed by atoms with E-state index in [0.29, 0.717) is 6.54 Å². The highest BCUT2D eigenvalue weighted by atomic mass is 79.9. The molecule has 0 radical (unpaired) electrons. The van der Waals surface area contributed by atoms with E-state index in [0.717, 1.165) is 21.3 Å². The molecule has 17 heavy (non-hydrogen) atoms. The molecule has 0 heterocycles. The van der Waals surface area contributed by atoms with Crippen LogP contribution in [0.25, 0.3) is 0 Å². The first kappa shape index (κ1) is 14.5. The van der Waals surface area contributed by atoms with Gasteiger partial charge in [-0.2, -0.15) is 0 Å². The zero-order valence-corrected chi connectivity index (χ0v) is 12.8. The van der Waals surface area contributed by atoms with E-state index < -0.39 is 9.84 Å². The van der Waals surface area contributed by atoms with Gasteiger partial charge in [0.2, 0.25) is 0 Å². The molecule has 0 aliphatic rings. The monoisotopic (exact) mass is 319 g/mol. The van der Waals surface area contributed by atoms with Gasteiger partial charge in [-0.1, -0.05) is 22.9 Å². The number of benzene rings is 1. The highest BCUT2D eigenvalue weighted by Crippen LogP contribution is 2.24. The second kappa shape index (κ2) is 5.87. The van der Waals surface area contributed by atoms with Crippen LogP contribution in [0.2, 0.25) is 0 Å². The topological polar surface area (TPSA) is 46.2 Å².